The Labute approximate surface area is 166 Å². The number of anilines is 1. The van der Waals surface area contributed by atoms with Crippen molar-refractivity contribution in [3.8, 4) is 5.69 Å². The second-order valence-corrected chi connectivity index (χ2v) is 6.80. The molecule has 0 fully saturated rings. The van der Waals surface area contributed by atoms with E-state index in [9.17, 15) is 9.59 Å². The van der Waals surface area contributed by atoms with E-state index < -0.39 is 0 Å². The lowest BCUT2D eigenvalue weighted by atomic mass is 10.2. The zero-order valence-electron chi connectivity index (χ0n) is 15.1. The van der Waals surface area contributed by atoms with Gasteiger partial charge in [-0.3, -0.25) is 14.3 Å². The summed E-state index contributed by atoms with van der Waals surface area (Å²) in [5.41, 5.74) is 2.42. The topological polar surface area (TPSA) is 68.9 Å². The van der Waals surface area contributed by atoms with E-state index in [2.05, 4.69) is 10.3 Å². The van der Waals surface area contributed by atoms with Crippen molar-refractivity contribution in [2.24, 2.45) is 0 Å². The summed E-state index contributed by atoms with van der Waals surface area (Å²) in [4.78, 5) is 29.9. The van der Waals surface area contributed by atoms with Gasteiger partial charge in [0.1, 0.15) is 6.54 Å². The highest BCUT2D eigenvalue weighted by Crippen LogP contribution is 2.20. The monoisotopic (exact) mass is 392 g/mol. The number of carbonyl (C=O) groups is 1. The minimum atomic E-state index is -0.285. The van der Waals surface area contributed by atoms with Gasteiger partial charge < -0.3 is 5.32 Å². The number of carbonyl (C=O) groups excluding carboxylic acids is 1. The average Bonchev–Trinajstić information content (AvgIpc) is 2.97. The van der Waals surface area contributed by atoms with E-state index in [1.807, 2.05) is 43.3 Å². The van der Waals surface area contributed by atoms with E-state index in [0.29, 0.717) is 27.4 Å². The Balaban J connectivity index is 1.74. The molecule has 2 heterocycles. The van der Waals surface area contributed by atoms with E-state index in [0.717, 1.165) is 5.56 Å². The molecule has 0 radical (unpaired) electrons. The number of fused-ring (bicyclic) bond motifs is 1. The first-order valence-electron chi connectivity index (χ1n) is 8.72. The maximum atomic E-state index is 12.9. The smallest absolute Gasteiger partial charge is 0.280 e. The van der Waals surface area contributed by atoms with Crippen LogP contribution in [0.15, 0.2) is 71.7 Å². The maximum absolute atomic E-state index is 12.9. The normalized spacial score (nSPS) is 10.9. The van der Waals surface area contributed by atoms with Crippen LogP contribution in [-0.4, -0.2) is 20.3 Å². The third-order valence-corrected chi connectivity index (χ3v) is 4.85. The highest BCUT2D eigenvalue weighted by atomic mass is 35.5. The van der Waals surface area contributed by atoms with Crippen molar-refractivity contribution < 1.29 is 4.79 Å². The zero-order chi connectivity index (χ0) is 19.7. The van der Waals surface area contributed by atoms with E-state index in [1.165, 1.54) is 4.68 Å². The van der Waals surface area contributed by atoms with E-state index in [4.69, 9.17) is 11.6 Å². The lowest BCUT2D eigenvalue weighted by molar-refractivity contribution is -0.116. The Bertz CT molecular complexity index is 1230. The molecule has 4 rings (SSSR count). The molecule has 0 aliphatic heterocycles. The Hall–Kier alpha value is -3.38. The summed E-state index contributed by atoms with van der Waals surface area (Å²) >= 11 is 6.13. The average molecular weight is 393 g/mol. The number of halogens is 1. The lowest BCUT2D eigenvalue weighted by Crippen LogP contribution is -2.27. The van der Waals surface area contributed by atoms with E-state index in [-0.39, 0.29) is 18.0 Å². The molecule has 1 amide bonds. The summed E-state index contributed by atoms with van der Waals surface area (Å²) in [6.07, 6.45) is 1.60. The van der Waals surface area contributed by atoms with Crippen LogP contribution in [0.4, 0.5) is 5.69 Å². The third kappa shape index (κ3) is 3.30. The van der Waals surface area contributed by atoms with E-state index >= 15 is 0 Å². The molecular weight excluding hydrogens is 376 g/mol. The first-order valence-corrected chi connectivity index (χ1v) is 9.10. The van der Waals surface area contributed by atoms with Crippen LogP contribution in [0.5, 0.6) is 0 Å². The molecule has 0 saturated carbocycles. The minimum Gasteiger partial charge on any atom is -0.324 e. The number of aromatic nitrogens is 3. The number of rotatable bonds is 4. The van der Waals surface area contributed by atoms with Crippen molar-refractivity contribution in [2.75, 3.05) is 5.32 Å². The van der Waals surface area contributed by atoms with Crippen LogP contribution >= 0.6 is 11.6 Å². The van der Waals surface area contributed by atoms with Gasteiger partial charge in [0.2, 0.25) is 5.91 Å². The first-order chi connectivity index (χ1) is 13.5. The minimum absolute atomic E-state index is 0.0733. The van der Waals surface area contributed by atoms with Crippen LogP contribution in [-0.2, 0) is 11.3 Å². The largest absolute Gasteiger partial charge is 0.324 e. The molecule has 0 aliphatic rings. The zero-order valence-corrected chi connectivity index (χ0v) is 15.8. The number of benzene rings is 2. The van der Waals surface area contributed by atoms with Crippen LogP contribution in [0, 0.1) is 6.92 Å². The van der Waals surface area contributed by atoms with E-state index in [1.54, 1.807) is 35.1 Å². The molecule has 0 aliphatic carbocycles. The third-order valence-electron chi connectivity index (χ3n) is 4.45. The Kier molecular flexibility index (Phi) is 4.71. The molecule has 4 aromatic rings. The molecule has 140 valence electrons. The van der Waals surface area contributed by atoms with Crippen LogP contribution < -0.4 is 10.9 Å². The molecule has 0 spiro atoms. The second kappa shape index (κ2) is 7.32. The molecule has 6 nitrogen and oxygen atoms in total. The molecular formula is C21H17ClN4O2. The van der Waals surface area contributed by atoms with Gasteiger partial charge in [-0.2, -0.15) is 0 Å². The predicted molar refractivity (Wildman–Crippen MR) is 110 cm³/mol. The van der Waals surface area contributed by atoms with Crippen molar-refractivity contribution >= 4 is 34.2 Å². The van der Waals surface area contributed by atoms with Gasteiger partial charge in [0.25, 0.3) is 5.56 Å². The van der Waals surface area contributed by atoms with Crippen LogP contribution in [0.3, 0.4) is 0 Å². The van der Waals surface area contributed by atoms with Gasteiger partial charge in [-0.15, -0.1) is 0 Å². The molecule has 7 heteroatoms. The fraction of sp³-hybridized carbons (Fsp3) is 0.0952. The summed E-state index contributed by atoms with van der Waals surface area (Å²) in [5.74, 6) is -0.285. The van der Waals surface area contributed by atoms with Crippen LogP contribution in [0.1, 0.15) is 5.56 Å². The quantitative estimate of drug-likeness (QED) is 0.574. The van der Waals surface area contributed by atoms with Gasteiger partial charge in [-0.25, -0.2) is 9.67 Å². The number of nitrogens with zero attached hydrogens (tertiary/aromatic N) is 3. The fourth-order valence-electron chi connectivity index (χ4n) is 3.07. The van der Waals surface area contributed by atoms with Gasteiger partial charge in [0.05, 0.1) is 11.1 Å². The highest BCUT2D eigenvalue weighted by Gasteiger charge is 2.17. The molecule has 1 N–H and O–H groups in total. The summed E-state index contributed by atoms with van der Waals surface area (Å²) in [5, 5.41) is 3.86. The van der Waals surface area contributed by atoms with Gasteiger partial charge in [-0.1, -0.05) is 35.9 Å². The summed E-state index contributed by atoms with van der Waals surface area (Å²) < 4.78 is 3.05. The maximum Gasteiger partial charge on any atom is 0.280 e. The number of hydrogen-bond acceptors (Lipinski definition) is 3. The van der Waals surface area contributed by atoms with Crippen molar-refractivity contribution in [2.45, 2.75) is 13.5 Å². The van der Waals surface area contributed by atoms with Gasteiger partial charge >= 0.3 is 0 Å². The molecule has 0 atom stereocenters. The van der Waals surface area contributed by atoms with Crippen molar-refractivity contribution in [1.29, 1.82) is 0 Å². The molecule has 0 saturated heterocycles. The molecule has 0 bridgehead atoms. The van der Waals surface area contributed by atoms with Gasteiger partial charge in [-0.05, 0) is 48.9 Å². The first kappa shape index (κ1) is 18.0. The predicted octanol–water partition coefficient (Wildman–Crippen LogP) is 3.79. The van der Waals surface area contributed by atoms with Crippen LogP contribution in [0.2, 0.25) is 5.02 Å². The molecule has 2 aromatic carbocycles. The van der Waals surface area contributed by atoms with Crippen molar-refractivity contribution in [3.05, 3.63) is 87.8 Å². The van der Waals surface area contributed by atoms with Gasteiger partial charge in [0, 0.05) is 16.9 Å². The Morgan fingerprint density at radius 2 is 1.89 bits per heavy atom. The number of aryl methyl sites for hydroxylation is 1. The highest BCUT2D eigenvalue weighted by molar-refractivity contribution is 6.31. The number of nitrogens with one attached hydrogen (secondary N) is 1. The summed E-state index contributed by atoms with van der Waals surface area (Å²) in [6.45, 7) is 1.82. The summed E-state index contributed by atoms with van der Waals surface area (Å²) in [6, 6.07) is 17.9. The van der Waals surface area contributed by atoms with Gasteiger partial charge in [0.15, 0.2) is 5.65 Å². The Morgan fingerprint density at radius 3 is 2.64 bits per heavy atom. The summed E-state index contributed by atoms with van der Waals surface area (Å²) in [7, 11) is 0. The number of amides is 1. The van der Waals surface area contributed by atoms with Crippen LogP contribution in [0.25, 0.3) is 16.7 Å². The number of pyridine rings is 1. The second-order valence-electron chi connectivity index (χ2n) is 6.40. The lowest BCUT2D eigenvalue weighted by Gasteiger charge is -2.13. The Morgan fingerprint density at radius 1 is 1.11 bits per heavy atom. The molecule has 0 unspecified atom stereocenters. The number of para-hydroxylation sites is 1. The number of hydrogen-bond donors (Lipinski definition) is 1. The molecule has 2 aromatic heterocycles. The van der Waals surface area contributed by atoms with Crippen molar-refractivity contribution in [3.63, 3.8) is 0 Å². The fourth-order valence-corrected chi connectivity index (χ4v) is 3.25. The molecule has 28 heavy (non-hydrogen) atoms. The standard InChI is InChI=1S/C21H17ClN4O2/c1-14-9-10-15(12-18(14)22)24-19(27)13-25-20-17(8-5-11-23-20)21(28)26(25)16-6-3-2-4-7-16/h2-12H,13H2,1H3,(H,24,27). The SMILES string of the molecule is Cc1ccc(NC(=O)Cn2c3ncccc3c(=O)n2-c2ccccc2)cc1Cl. The van der Waals surface area contributed by atoms with Crippen molar-refractivity contribution in [1.82, 2.24) is 14.3 Å².